The monoisotopic (exact) mass is 252 g/mol. The average molecular weight is 252 g/mol. The van der Waals surface area contributed by atoms with Crippen molar-refractivity contribution in [2.75, 3.05) is 6.54 Å². The van der Waals surface area contributed by atoms with Gasteiger partial charge in [-0.3, -0.25) is 0 Å². The number of hydrazone groups is 2. The molecule has 0 amide bonds. The van der Waals surface area contributed by atoms with Crippen molar-refractivity contribution in [2.24, 2.45) is 10.2 Å². The zero-order chi connectivity index (χ0) is 13.1. The average Bonchev–Trinajstić information content (AvgIpc) is 3.01. The lowest BCUT2D eigenvalue weighted by molar-refractivity contribution is 0.317. The Balaban J connectivity index is 2.02. The van der Waals surface area contributed by atoms with E-state index >= 15 is 0 Å². The standard InChI is InChI=1S/C15H16N4/c1-2-19-17-11-13(14-9-6-10-16-14)15(18-19)12-7-4-3-5-8-12/h3-11,13,16H,2H2,1H3. The molecule has 1 aliphatic heterocycles. The van der Waals surface area contributed by atoms with Gasteiger partial charge in [0, 0.05) is 18.1 Å². The van der Waals surface area contributed by atoms with Crippen LogP contribution in [0, 0.1) is 0 Å². The third-order valence-corrected chi connectivity index (χ3v) is 3.18. The molecule has 1 unspecified atom stereocenters. The molecule has 1 aromatic heterocycles. The van der Waals surface area contributed by atoms with Gasteiger partial charge in [0.2, 0.25) is 0 Å². The maximum absolute atomic E-state index is 4.64. The first kappa shape index (κ1) is 11.7. The number of nitrogens with zero attached hydrogens (tertiary/aromatic N) is 3. The van der Waals surface area contributed by atoms with Crippen LogP contribution >= 0.6 is 0 Å². The van der Waals surface area contributed by atoms with Crippen molar-refractivity contribution < 1.29 is 0 Å². The van der Waals surface area contributed by atoms with Crippen molar-refractivity contribution in [1.29, 1.82) is 0 Å². The Labute approximate surface area is 112 Å². The lowest BCUT2D eigenvalue weighted by atomic mass is 9.94. The molecule has 0 spiro atoms. The van der Waals surface area contributed by atoms with E-state index in [0.717, 1.165) is 23.5 Å². The summed E-state index contributed by atoms with van der Waals surface area (Å²) in [5.41, 5.74) is 3.27. The van der Waals surface area contributed by atoms with Gasteiger partial charge in [0.25, 0.3) is 0 Å². The minimum atomic E-state index is 0.0835. The van der Waals surface area contributed by atoms with Gasteiger partial charge in [0.1, 0.15) is 0 Å². The number of aromatic nitrogens is 1. The summed E-state index contributed by atoms with van der Waals surface area (Å²) in [7, 11) is 0. The lowest BCUT2D eigenvalue weighted by Gasteiger charge is -2.23. The van der Waals surface area contributed by atoms with Gasteiger partial charge in [0.05, 0.1) is 18.2 Å². The fourth-order valence-electron chi connectivity index (χ4n) is 2.19. The molecule has 0 bridgehead atoms. The van der Waals surface area contributed by atoms with Crippen molar-refractivity contribution >= 4 is 11.9 Å². The Hall–Kier alpha value is -2.36. The number of rotatable bonds is 3. The Kier molecular flexibility index (Phi) is 3.14. The molecular formula is C15H16N4. The largest absolute Gasteiger partial charge is 0.364 e. The molecule has 0 aliphatic carbocycles. The van der Waals surface area contributed by atoms with Crippen molar-refractivity contribution in [1.82, 2.24) is 10.1 Å². The van der Waals surface area contributed by atoms with E-state index in [-0.39, 0.29) is 5.92 Å². The Morgan fingerprint density at radius 1 is 1.16 bits per heavy atom. The summed E-state index contributed by atoms with van der Waals surface area (Å²) in [6, 6.07) is 14.3. The van der Waals surface area contributed by atoms with E-state index in [4.69, 9.17) is 0 Å². The maximum Gasteiger partial charge on any atom is 0.0842 e. The van der Waals surface area contributed by atoms with Crippen LogP contribution in [0.2, 0.25) is 0 Å². The third-order valence-electron chi connectivity index (χ3n) is 3.18. The molecule has 3 rings (SSSR count). The summed E-state index contributed by atoms with van der Waals surface area (Å²) in [5, 5.41) is 10.7. The van der Waals surface area contributed by atoms with Gasteiger partial charge in [-0.25, -0.2) is 0 Å². The van der Waals surface area contributed by atoms with Gasteiger partial charge >= 0.3 is 0 Å². The van der Waals surface area contributed by atoms with E-state index in [1.54, 1.807) is 5.12 Å². The highest BCUT2D eigenvalue weighted by Gasteiger charge is 2.23. The van der Waals surface area contributed by atoms with Gasteiger partial charge in [-0.15, -0.1) is 0 Å². The molecule has 1 atom stereocenters. The lowest BCUT2D eigenvalue weighted by Crippen LogP contribution is -2.26. The second kappa shape index (κ2) is 5.10. The number of benzene rings is 1. The van der Waals surface area contributed by atoms with Crippen molar-refractivity contribution in [3.05, 3.63) is 59.9 Å². The van der Waals surface area contributed by atoms with Crippen LogP contribution in [-0.4, -0.2) is 28.6 Å². The molecule has 0 fully saturated rings. The normalized spacial score (nSPS) is 18.5. The first-order valence-corrected chi connectivity index (χ1v) is 6.47. The second-order valence-electron chi connectivity index (χ2n) is 4.41. The van der Waals surface area contributed by atoms with Crippen LogP contribution in [0.5, 0.6) is 0 Å². The molecule has 96 valence electrons. The van der Waals surface area contributed by atoms with Gasteiger partial charge in [-0.05, 0) is 24.6 Å². The topological polar surface area (TPSA) is 43.8 Å². The van der Waals surface area contributed by atoms with Crippen LogP contribution in [0.3, 0.4) is 0 Å². The highest BCUT2D eigenvalue weighted by Crippen LogP contribution is 2.22. The van der Waals surface area contributed by atoms with Crippen molar-refractivity contribution in [3.8, 4) is 0 Å². The van der Waals surface area contributed by atoms with E-state index in [0.29, 0.717) is 0 Å². The number of aromatic amines is 1. The molecule has 4 nitrogen and oxygen atoms in total. The minimum absolute atomic E-state index is 0.0835. The predicted molar refractivity (Wildman–Crippen MR) is 77.4 cm³/mol. The van der Waals surface area contributed by atoms with Crippen LogP contribution in [0.4, 0.5) is 0 Å². The number of hydrogen-bond donors (Lipinski definition) is 1. The molecule has 0 radical (unpaired) electrons. The number of H-pyrrole nitrogens is 1. The molecule has 2 aromatic rings. The summed E-state index contributed by atoms with van der Waals surface area (Å²) in [6.45, 7) is 2.81. The highest BCUT2D eigenvalue weighted by molar-refractivity contribution is 6.13. The van der Waals surface area contributed by atoms with E-state index in [1.807, 2.05) is 43.6 Å². The first-order valence-electron chi connectivity index (χ1n) is 6.47. The SMILES string of the molecule is CCN1N=CC(c2ccc[nH]2)C(c2ccccc2)=N1. The van der Waals surface area contributed by atoms with Crippen molar-refractivity contribution in [3.63, 3.8) is 0 Å². The van der Waals surface area contributed by atoms with Crippen molar-refractivity contribution in [2.45, 2.75) is 12.8 Å². The quantitative estimate of drug-likeness (QED) is 0.896. The first-order chi connectivity index (χ1) is 9.38. The van der Waals surface area contributed by atoms with E-state index < -0.39 is 0 Å². The number of hydrogen-bond acceptors (Lipinski definition) is 3. The van der Waals surface area contributed by atoms with Gasteiger partial charge in [-0.2, -0.15) is 15.3 Å². The van der Waals surface area contributed by atoms with Crippen LogP contribution < -0.4 is 0 Å². The fourth-order valence-corrected chi connectivity index (χ4v) is 2.19. The Morgan fingerprint density at radius 2 is 2.00 bits per heavy atom. The van der Waals surface area contributed by atoms with Gasteiger partial charge < -0.3 is 4.98 Å². The van der Waals surface area contributed by atoms with E-state index in [2.05, 4.69) is 33.4 Å². The summed E-state index contributed by atoms with van der Waals surface area (Å²) >= 11 is 0. The molecular weight excluding hydrogens is 236 g/mol. The molecule has 19 heavy (non-hydrogen) atoms. The molecule has 0 saturated carbocycles. The summed E-state index contributed by atoms with van der Waals surface area (Å²) < 4.78 is 0. The van der Waals surface area contributed by atoms with Crippen LogP contribution in [-0.2, 0) is 0 Å². The molecule has 0 saturated heterocycles. The van der Waals surface area contributed by atoms with E-state index in [1.165, 1.54) is 0 Å². The maximum atomic E-state index is 4.64. The van der Waals surface area contributed by atoms with Crippen LogP contribution in [0.25, 0.3) is 0 Å². The zero-order valence-corrected chi connectivity index (χ0v) is 10.8. The zero-order valence-electron chi connectivity index (χ0n) is 10.8. The molecule has 1 aromatic carbocycles. The minimum Gasteiger partial charge on any atom is -0.364 e. The summed E-state index contributed by atoms with van der Waals surface area (Å²) in [6.07, 6.45) is 3.88. The summed E-state index contributed by atoms with van der Waals surface area (Å²) in [4.78, 5) is 3.25. The fraction of sp³-hybridized carbons (Fsp3) is 0.200. The smallest absolute Gasteiger partial charge is 0.0842 e. The van der Waals surface area contributed by atoms with E-state index in [9.17, 15) is 0 Å². The number of nitrogens with one attached hydrogen (secondary N) is 1. The summed E-state index contributed by atoms with van der Waals surface area (Å²) in [5.74, 6) is 0.0835. The van der Waals surface area contributed by atoms with Gasteiger partial charge in [0.15, 0.2) is 0 Å². The Bertz CT molecular complexity index is 584. The predicted octanol–water partition coefficient (Wildman–Crippen LogP) is 2.82. The Morgan fingerprint density at radius 3 is 2.68 bits per heavy atom. The molecule has 1 aliphatic rings. The molecule has 4 heteroatoms. The third kappa shape index (κ3) is 2.29. The highest BCUT2D eigenvalue weighted by atomic mass is 15.7. The second-order valence-corrected chi connectivity index (χ2v) is 4.41. The molecule has 2 heterocycles. The van der Waals surface area contributed by atoms with Gasteiger partial charge in [-0.1, -0.05) is 30.3 Å². The molecule has 1 N–H and O–H groups in total. The van der Waals surface area contributed by atoms with Crippen LogP contribution in [0.1, 0.15) is 24.1 Å². The van der Waals surface area contributed by atoms with Crippen LogP contribution in [0.15, 0.2) is 58.9 Å².